The summed E-state index contributed by atoms with van der Waals surface area (Å²) in [6.07, 6.45) is 2.34. The molecule has 2 atom stereocenters. The van der Waals surface area contributed by atoms with Crippen molar-refractivity contribution in [1.29, 1.82) is 0 Å². The van der Waals surface area contributed by atoms with E-state index >= 15 is 0 Å². The molecule has 0 bridgehead atoms. The molecule has 8 heteroatoms. The van der Waals surface area contributed by atoms with Crippen molar-refractivity contribution >= 4 is 34.3 Å². The van der Waals surface area contributed by atoms with Crippen molar-refractivity contribution in [1.82, 2.24) is 4.90 Å². The lowest BCUT2D eigenvalue weighted by atomic mass is 9.81. The Kier molecular flexibility index (Phi) is 4.49. The van der Waals surface area contributed by atoms with Gasteiger partial charge in [-0.25, -0.2) is 9.59 Å². The summed E-state index contributed by atoms with van der Waals surface area (Å²) in [6.45, 7) is 4.35. The van der Waals surface area contributed by atoms with Gasteiger partial charge in [0.25, 0.3) is 0 Å². The van der Waals surface area contributed by atoms with Gasteiger partial charge in [0, 0.05) is 18.0 Å². The number of hydrogen-bond donors (Lipinski definition) is 2. The third kappa shape index (κ3) is 2.78. The lowest BCUT2D eigenvalue weighted by Gasteiger charge is -2.23. The number of nitrogens with zero attached hydrogens (tertiary/aromatic N) is 1. The first-order valence-corrected chi connectivity index (χ1v) is 9.09. The van der Waals surface area contributed by atoms with Crippen molar-refractivity contribution in [2.24, 2.45) is 11.3 Å². The molecule has 3 rings (SSSR count). The van der Waals surface area contributed by atoms with Crippen molar-refractivity contribution in [3.63, 3.8) is 0 Å². The summed E-state index contributed by atoms with van der Waals surface area (Å²) in [4.78, 5) is 38.9. The van der Waals surface area contributed by atoms with Gasteiger partial charge in [-0.1, -0.05) is 6.42 Å². The fraction of sp³-hybridized carbons (Fsp3) is 0.588. The molecule has 1 saturated heterocycles. The minimum atomic E-state index is -0.816. The van der Waals surface area contributed by atoms with Gasteiger partial charge in [-0.15, -0.1) is 11.3 Å². The molecule has 2 N–H and O–H groups in total. The molecule has 2 fully saturated rings. The van der Waals surface area contributed by atoms with Crippen LogP contribution in [0.25, 0.3) is 0 Å². The van der Waals surface area contributed by atoms with Gasteiger partial charge in [-0.2, -0.15) is 0 Å². The zero-order valence-corrected chi connectivity index (χ0v) is 15.4. The first kappa shape index (κ1) is 17.7. The molecule has 1 aromatic heterocycles. The average molecular weight is 366 g/mol. The zero-order chi connectivity index (χ0) is 18.4. The summed E-state index contributed by atoms with van der Waals surface area (Å²) in [5.74, 6) is -1.30. The number of urea groups is 1. The van der Waals surface area contributed by atoms with E-state index in [1.54, 1.807) is 4.90 Å². The van der Waals surface area contributed by atoms with Crippen LogP contribution in [0.15, 0.2) is 0 Å². The van der Waals surface area contributed by atoms with Crippen molar-refractivity contribution in [2.45, 2.75) is 33.1 Å². The molecule has 1 aliphatic carbocycles. The smallest absolute Gasteiger partial charge is 0.341 e. The lowest BCUT2D eigenvalue weighted by molar-refractivity contribution is -0.149. The standard InChI is InChI=1S/C17H22N2O5S/c1-9-10(2)25-13(12(9)14(20)24-3)18-16(23)19-7-11-5-4-6-17(11,8-19)15(21)22/h11H,4-8H2,1-3H3,(H,18,23)(H,21,22)/t11-,17+/m0/s1. The number of carbonyl (C=O) groups excluding carboxylic acids is 2. The quantitative estimate of drug-likeness (QED) is 0.802. The third-order valence-corrected chi connectivity index (χ3v) is 6.70. The number of methoxy groups -OCH3 is 1. The second-order valence-corrected chi connectivity index (χ2v) is 8.06. The summed E-state index contributed by atoms with van der Waals surface area (Å²) >= 11 is 1.32. The number of thiophene rings is 1. The molecule has 0 radical (unpaired) electrons. The number of hydrogen-bond acceptors (Lipinski definition) is 5. The maximum absolute atomic E-state index is 12.7. The van der Waals surface area contributed by atoms with Crippen molar-refractivity contribution in [2.75, 3.05) is 25.5 Å². The largest absolute Gasteiger partial charge is 0.481 e. The fourth-order valence-corrected chi connectivity index (χ4v) is 5.07. The van der Waals surface area contributed by atoms with E-state index in [2.05, 4.69) is 5.32 Å². The summed E-state index contributed by atoms with van der Waals surface area (Å²) in [5.41, 5.74) is 0.335. The molecule has 25 heavy (non-hydrogen) atoms. The van der Waals surface area contributed by atoms with E-state index in [0.717, 1.165) is 23.3 Å². The molecule has 0 aromatic carbocycles. The number of carboxylic acids is 1. The van der Waals surface area contributed by atoms with Crippen LogP contribution in [0, 0.1) is 25.2 Å². The number of aryl methyl sites for hydroxylation is 1. The topological polar surface area (TPSA) is 95.9 Å². The van der Waals surface area contributed by atoms with Crippen molar-refractivity contribution < 1.29 is 24.2 Å². The van der Waals surface area contributed by atoms with E-state index in [0.29, 0.717) is 23.5 Å². The van der Waals surface area contributed by atoms with E-state index in [-0.39, 0.29) is 18.5 Å². The first-order chi connectivity index (χ1) is 11.8. The van der Waals surface area contributed by atoms with Gasteiger partial charge in [-0.3, -0.25) is 10.1 Å². The van der Waals surface area contributed by atoms with Gasteiger partial charge in [0.2, 0.25) is 0 Å². The summed E-state index contributed by atoms with van der Waals surface area (Å²) < 4.78 is 4.81. The highest BCUT2D eigenvalue weighted by Gasteiger charge is 2.55. The molecule has 0 unspecified atom stereocenters. The maximum atomic E-state index is 12.7. The van der Waals surface area contributed by atoms with Crippen LogP contribution < -0.4 is 5.32 Å². The van der Waals surface area contributed by atoms with Gasteiger partial charge >= 0.3 is 18.0 Å². The van der Waals surface area contributed by atoms with Crippen LogP contribution in [0.1, 0.15) is 40.1 Å². The first-order valence-electron chi connectivity index (χ1n) is 8.27. The van der Waals surface area contributed by atoms with E-state index in [4.69, 9.17) is 4.74 Å². The molecule has 2 amide bonds. The zero-order valence-electron chi connectivity index (χ0n) is 14.5. The Bertz CT molecular complexity index is 744. The Morgan fingerprint density at radius 2 is 2.08 bits per heavy atom. The minimum Gasteiger partial charge on any atom is -0.481 e. The Labute approximate surface area is 150 Å². The highest BCUT2D eigenvalue weighted by molar-refractivity contribution is 7.16. The highest BCUT2D eigenvalue weighted by Crippen LogP contribution is 2.49. The number of esters is 1. The number of carboxylic acid groups (broad SMARTS) is 1. The molecule has 1 aliphatic heterocycles. The molecule has 1 saturated carbocycles. The van der Waals surface area contributed by atoms with Crippen LogP contribution >= 0.6 is 11.3 Å². The number of amides is 2. The third-order valence-electron chi connectivity index (χ3n) is 5.58. The number of aliphatic carboxylic acids is 1. The number of carbonyl (C=O) groups is 3. The van der Waals surface area contributed by atoms with Crippen LogP contribution in [0.2, 0.25) is 0 Å². The van der Waals surface area contributed by atoms with E-state index in [9.17, 15) is 19.5 Å². The van der Waals surface area contributed by atoms with Gasteiger partial charge in [-0.05, 0) is 38.2 Å². The second-order valence-electron chi connectivity index (χ2n) is 6.84. The molecule has 2 heterocycles. The van der Waals surface area contributed by atoms with Crippen LogP contribution in [0.3, 0.4) is 0 Å². The SMILES string of the molecule is COC(=O)c1c(NC(=O)N2C[C@@H]3CCC[C@@]3(C(=O)O)C2)sc(C)c1C. The predicted molar refractivity (Wildman–Crippen MR) is 93.1 cm³/mol. The van der Waals surface area contributed by atoms with E-state index in [1.165, 1.54) is 18.4 Å². The number of rotatable bonds is 3. The number of fused-ring (bicyclic) bond motifs is 1. The average Bonchev–Trinajstić information content (AvgIpc) is 3.19. The van der Waals surface area contributed by atoms with Crippen molar-refractivity contribution in [3.05, 3.63) is 16.0 Å². The van der Waals surface area contributed by atoms with Crippen LogP contribution in [0.4, 0.5) is 9.80 Å². The van der Waals surface area contributed by atoms with Gasteiger partial charge in [0.15, 0.2) is 0 Å². The number of likely N-dealkylation sites (tertiary alicyclic amines) is 1. The molecule has 7 nitrogen and oxygen atoms in total. The molecular weight excluding hydrogens is 344 g/mol. The normalized spacial score (nSPS) is 24.9. The van der Waals surface area contributed by atoms with Gasteiger partial charge in [0.1, 0.15) is 5.00 Å². The second kappa shape index (κ2) is 6.33. The molecule has 0 spiro atoms. The molecular formula is C17H22N2O5S. The number of anilines is 1. The molecule has 2 aliphatic rings. The number of ether oxygens (including phenoxy) is 1. The van der Waals surface area contributed by atoms with Gasteiger partial charge in [0.05, 0.1) is 18.1 Å². The Hall–Kier alpha value is -2.09. The number of nitrogens with one attached hydrogen (secondary N) is 1. The monoisotopic (exact) mass is 366 g/mol. The summed E-state index contributed by atoms with van der Waals surface area (Å²) in [5, 5.41) is 12.9. The van der Waals surface area contributed by atoms with E-state index < -0.39 is 17.4 Å². The molecule has 1 aromatic rings. The summed E-state index contributed by atoms with van der Waals surface area (Å²) in [6, 6.07) is -0.360. The van der Waals surface area contributed by atoms with Crippen LogP contribution in [0.5, 0.6) is 0 Å². The predicted octanol–water partition coefficient (Wildman–Crippen LogP) is 2.87. The Morgan fingerprint density at radius 3 is 2.68 bits per heavy atom. The summed E-state index contributed by atoms with van der Waals surface area (Å²) in [7, 11) is 1.30. The molecule has 136 valence electrons. The van der Waals surface area contributed by atoms with Crippen molar-refractivity contribution in [3.8, 4) is 0 Å². The fourth-order valence-electron chi connectivity index (χ4n) is 4.03. The Morgan fingerprint density at radius 1 is 1.36 bits per heavy atom. The lowest BCUT2D eigenvalue weighted by Crippen LogP contribution is -2.38. The van der Waals surface area contributed by atoms with E-state index in [1.807, 2.05) is 13.8 Å². The Balaban J connectivity index is 1.79. The van der Waals surface area contributed by atoms with Gasteiger partial charge < -0.3 is 14.7 Å². The highest BCUT2D eigenvalue weighted by atomic mass is 32.1. The minimum absolute atomic E-state index is 0.00244. The maximum Gasteiger partial charge on any atom is 0.341 e. The van der Waals surface area contributed by atoms with Crippen LogP contribution in [-0.4, -0.2) is 48.2 Å². The van der Waals surface area contributed by atoms with Crippen LogP contribution in [-0.2, 0) is 9.53 Å².